The molecule has 1 aromatic rings. The summed E-state index contributed by atoms with van der Waals surface area (Å²) in [7, 11) is 0. The average molecular weight is 535 g/mol. The number of rotatable bonds is 10. The number of anilines is 3. The van der Waals surface area contributed by atoms with Crippen molar-refractivity contribution < 1.29 is 0 Å². The van der Waals surface area contributed by atoms with Gasteiger partial charge >= 0.3 is 0 Å². The Balaban J connectivity index is 1.48. The van der Waals surface area contributed by atoms with E-state index >= 15 is 0 Å². The Bertz CT molecular complexity index is 690. The van der Waals surface area contributed by atoms with Crippen molar-refractivity contribution in [1.82, 2.24) is 29.7 Å². The molecule has 4 heterocycles. The molecular weight excluding hydrogens is 497 g/mol. The van der Waals surface area contributed by atoms with Crippen LogP contribution in [0.4, 0.5) is 17.8 Å². The van der Waals surface area contributed by atoms with Crippen molar-refractivity contribution >= 4 is 52.6 Å². The van der Waals surface area contributed by atoms with E-state index in [2.05, 4.69) is 29.4 Å². The van der Waals surface area contributed by atoms with Gasteiger partial charge in [-0.2, -0.15) is 15.0 Å². The van der Waals surface area contributed by atoms with Gasteiger partial charge in [0.1, 0.15) is 0 Å². The lowest BCUT2D eigenvalue weighted by molar-refractivity contribution is 0.257. The molecule has 0 unspecified atom stereocenters. The fourth-order valence-corrected chi connectivity index (χ4v) is 5.40. The lowest BCUT2D eigenvalue weighted by atomic mass is 10.3. The van der Waals surface area contributed by atoms with Crippen LogP contribution in [0.3, 0.4) is 0 Å². The van der Waals surface area contributed by atoms with Crippen molar-refractivity contribution in [3.63, 3.8) is 0 Å². The average Bonchev–Trinajstić information content (AvgIpc) is 2.89. The molecule has 3 fully saturated rings. The smallest absolute Gasteiger partial charge is 0.232 e. The maximum atomic E-state index is 5.95. The van der Waals surface area contributed by atoms with E-state index in [0.717, 1.165) is 128 Å². The van der Waals surface area contributed by atoms with Gasteiger partial charge in [0.25, 0.3) is 0 Å². The highest BCUT2D eigenvalue weighted by molar-refractivity contribution is 6.18. The molecule has 3 aliphatic rings. The highest BCUT2D eigenvalue weighted by Gasteiger charge is 2.26. The molecule has 1 aromatic heterocycles. The van der Waals surface area contributed by atoms with Crippen molar-refractivity contribution in [3.8, 4) is 0 Å². The van der Waals surface area contributed by atoms with Gasteiger partial charge in [-0.1, -0.05) is 0 Å². The summed E-state index contributed by atoms with van der Waals surface area (Å²) in [4.78, 5) is 29.1. The minimum absolute atomic E-state index is 0.673. The van der Waals surface area contributed by atoms with Gasteiger partial charge in [0.15, 0.2) is 0 Å². The van der Waals surface area contributed by atoms with Crippen molar-refractivity contribution in [2.75, 3.05) is 131 Å². The fraction of sp³-hybridized carbons (Fsp3) is 0.864. The lowest BCUT2D eigenvalue weighted by Crippen LogP contribution is -2.50. The van der Waals surface area contributed by atoms with Gasteiger partial charge < -0.3 is 14.7 Å². The minimum Gasteiger partial charge on any atom is -0.338 e. The van der Waals surface area contributed by atoms with Gasteiger partial charge in [0.05, 0.1) is 0 Å². The van der Waals surface area contributed by atoms with Gasteiger partial charge in [0.2, 0.25) is 17.8 Å². The number of alkyl halides is 3. The normalized spacial score (nSPS) is 21.4. The van der Waals surface area contributed by atoms with Gasteiger partial charge in [0, 0.05) is 109 Å². The molecule has 0 radical (unpaired) electrons. The lowest BCUT2D eigenvalue weighted by Gasteiger charge is -2.38. The Kier molecular flexibility index (Phi) is 10.4. The van der Waals surface area contributed by atoms with Crippen molar-refractivity contribution in [2.24, 2.45) is 0 Å². The summed E-state index contributed by atoms with van der Waals surface area (Å²) in [6, 6.07) is 0. The van der Waals surface area contributed by atoms with E-state index in [-0.39, 0.29) is 0 Å². The van der Waals surface area contributed by atoms with Gasteiger partial charge in [-0.25, -0.2) is 0 Å². The molecule has 192 valence electrons. The zero-order valence-electron chi connectivity index (χ0n) is 20.1. The number of nitrogens with zero attached hydrogens (tertiary/aromatic N) is 9. The predicted octanol–water partition coefficient (Wildman–Crippen LogP) is 1.34. The first-order valence-corrected chi connectivity index (χ1v) is 14.2. The second-order valence-corrected chi connectivity index (χ2v) is 10.3. The molecule has 0 amide bonds. The topological polar surface area (TPSA) is 58.1 Å². The summed E-state index contributed by atoms with van der Waals surface area (Å²) < 4.78 is 0. The third-order valence-corrected chi connectivity index (χ3v) is 7.58. The molecule has 3 saturated heterocycles. The predicted molar refractivity (Wildman–Crippen MR) is 143 cm³/mol. The highest BCUT2D eigenvalue weighted by atomic mass is 35.5. The van der Waals surface area contributed by atoms with Crippen LogP contribution in [0.1, 0.15) is 6.42 Å². The monoisotopic (exact) mass is 533 g/mol. The molecule has 0 aliphatic carbocycles. The van der Waals surface area contributed by atoms with Crippen LogP contribution < -0.4 is 14.7 Å². The van der Waals surface area contributed by atoms with Crippen LogP contribution >= 0.6 is 34.8 Å². The SMILES string of the molecule is ClCCCN1CCN(c2nc(N3CCN(CCCl)CC3)nc(N3CCN(CCCl)CC3)n2)CC1. The van der Waals surface area contributed by atoms with Crippen molar-refractivity contribution in [2.45, 2.75) is 6.42 Å². The molecule has 3 aliphatic heterocycles. The van der Waals surface area contributed by atoms with Crippen LogP contribution in [0, 0.1) is 0 Å². The first kappa shape index (κ1) is 26.2. The molecule has 0 spiro atoms. The molecule has 0 aromatic carbocycles. The van der Waals surface area contributed by atoms with Crippen molar-refractivity contribution in [3.05, 3.63) is 0 Å². The Labute approximate surface area is 218 Å². The molecule has 34 heavy (non-hydrogen) atoms. The second-order valence-electron chi connectivity index (χ2n) is 9.14. The van der Waals surface area contributed by atoms with Crippen LogP contribution in [0.5, 0.6) is 0 Å². The van der Waals surface area contributed by atoms with Gasteiger partial charge in [-0.3, -0.25) is 14.7 Å². The standard InChI is InChI=1S/C22H38Cl3N9/c23-2-1-5-29-8-14-32(15-9-29)20-26-21(33-16-10-30(6-3-24)11-17-33)28-22(27-20)34-18-12-31(7-4-25)13-19-34/h1-19H2. The maximum absolute atomic E-state index is 5.95. The molecule has 0 N–H and O–H groups in total. The maximum Gasteiger partial charge on any atom is 0.232 e. The minimum atomic E-state index is 0.673. The summed E-state index contributed by atoms with van der Waals surface area (Å²) in [5.74, 6) is 4.48. The van der Waals surface area contributed by atoms with Crippen LogP contribution in [0.15, 0.2) is 0 Å². The zero-order chi connectivity index (χ0) is 23.8. The first-order chi connectivity index (χ1) is 16.7. The van der Waals surface area contributed by atoms with Crippen LogP contribution in [0.25, 0.3) is 0 Å². The first-order valence-electron chi connectivity index (χ1n) is 12.6. The van der Waals surface area contributed by atoms with E-state index in [4.69, 9.17) is 49.8 Å². The van der Waals surface area contributed by atoms with E-state index < -0.39 is 0 Å². The summed E-state index contributed by atoms with van der Waals surface area (Å²) in [5.41, 5.74) is 0. The molecular formula is C22H38Cl3N9. The Morgan fingerprint density at radius 2 is 0.765 bits per heavy atom. The molecule has 0 atom stereocenters. The third kappa shape index (κ3) is 7.11. The van der Waals surface area contributed by atoms with E-state index in [1.807, 2.05) is 0 Å². The number of hydrogen-bond donors (Lipinski definition) is 0. The highest BCUT2D eigenvalue weighted by Crippen LogP contribution is 2.22. The van der Waals surface area contributed by atoms with E-state index in [9.17, 15) is 0 Å². The van der Waals surface area contributed by atoms with E-state index in [0.29, 0.717) is 11.8 Å². The fourth-order valence-electron chi connectivity index (χ4n) is 4.80. The Morgan fingerprint density at radius 1 is 0.441 bits per heavy atom. The van der Waals surface area contributed by atoms with Crippen LogP contribution in [-0.2, 0) is 0 Å². The van der Waals surface area contributed by atoms with Crippen LogP contribution in [-0.4, -0.2) is 145 Å². The summed E-state index contributed by atoms with van der Waals surface area (Å²) in [6.07, 6.45) is 1.03. The van der Waals surface area contributed by atoms with Gasteiger partial charge in [-0.05, 0) is 13.0 Å². The molecule has 9 nitrogen and oxygen atoms in total. The Hall–Kier alpha value is -0.840. The number of aromatic nitrogens is 3. The third-order valence-electron chi connectivity index (χ3n) is 6.97. The molecule has 12 heteroatoms. The van der Waals surface area contributed by atoms with E-state index in [1.54, 1.807) is 0 Å². The number of piperazine rings is 3. The van der Waals surface area contributed by atoms with Crippen molar-refractivity contribution in [1.29, 1.82) is 0 Å². The molecule has 4 rings (SSSR count). The van der Waals surface area contributed by atoms with E-state index in [1.165, 1.54) is 0 Å². The van der Waals surface area contributed by atoms with Crippen LogP contribution in [0.2, 0.25) is 0 Å². The summed E-state index contributed by atoms with van der Waals surface area (Å²) >= 11 is 17.8. The largest absolute Gasteiger partial charge is 0.338 e. The summed E-state index contributed by atoms with van der Waals surface area (Å²) in [5, 5.41) is 0. The second kappa shape index (κ2) is 13.5. The Morgan fingerprint density at radius 3 is 1.06 bits per heavy atom. The summed E-state index contributed by atoms with van der Waals surface area (Å²) in [6.45, 7) is 14.4. The number of halogens is 3. The van der Waals surface area contributed by atoms with Gasteiger partial charge in [-0.15, -0.1) is 34.8 Å². The molecule has 0 saturated carbocycles. The zero-order valence-corrected chi connectivity index (χ0v) is 22.4. The molecule has 0 bridgehead atoms. The quantitative estimate of drug-likeness (QED) is 0.414. The number of hydrogen-bond acceptors (Lipinski definition) is 9.